The largest absolute Gasteiger partial charge is 0.381 e. The molecule has 2 aromatic carbocycles. The molecule has 1 aliphatic heterocycles. The summed E-state index contributed by atoms with van der Waals surface area (Å²) in [6, 6.07) is 14.5. The topological polar surface area (TPSA) is 68.5 Å². The molecular weight excluding hydrogens is 340 g/mol. The van der Waals surface area contributed by atoms with Crippen molar-refractivity contribution in [1.82, 2.24) is 14.4 Å². The number of carbonyl (C=O) groups excluding carboxylic acids is 1. The predicted octanol–water partition coefficient (Wildman–Crippen LogP) is 3.52. The van der Waals surface area contributed by atoms with E-state index in [9.17, 15) is 4.79 Å². The van der Waals surface area contributed by atoms with Crippen LogP contribution in [0.5, 0.6) is 0 Å². The van der Waals surface area contributed by atoms with Gasteiger partial charge in [-0.05, 0) is 23.3 Å². The number of nitrogens with zero attached hydrogens (tertiary/aromatic N) is 3. The molecule has 0 radical (unpaired) electrons. The molecule has 1 atom stereocenters. The number of amides is 1. The first kappa shape index (κ1) is 16.0. The molecule has 5 rings (SSSR count). The van der Waals surface area contributed by atoms with Crippen LogP contribution in [0.3, 0.4) is 0 Å². The van der Waals surface area contributed by atoms with E-state index in [-0.39, 0.29) is 11.8 Å². The molecule has 4 aromatic rings. The molecule has 1 N–H and O–H groups in total. The van der Waals surface area contributed by atoms with Crippen molar-refractivity contribution in [3.63, 3.8) is 0 Å². The van der Waals surface area contributed by atoms with E-state index in [1.165, 1.54) is 5.39 Å². The maximum atomic E-state index is 12.4. The van der Waals surface area contributed by atoms with E-state index in [4.69, 9.17) is 4.74 Å². The van der Waals surface area contributed by atoms with Gasteiger partial charge in [-0.1, -0.05) is 36.4 Å². The number of hydrogen-bond donors (Lipinski definition) is 1. The lowest BCUT2D eigenvalue weighted by molar-refractivity contribution is -0.119. The summed E-state index contributed by atoms with van der Waals surface area (Å²) in [5.41, 5.74) is 2.54. The van der Waals surface area contributed by atoms with Crippen LogP contribution in [0.15, 0.2) is 61.1 Å². The lowest BCUT2D eigenvalue weighted by Gasteiger charge is -2.10. The number of rotatable bonds is 3. The highest BCUT2D eigenvalue weighted by Gasteiger charge is 2.24. The van der Waals surface area contributed by atoms with Crippen molar-refractivity contribution in [2.24, 2.45) is 5.92 Å². The van der Waals surface area contributed by atoms with Crippen molar-refractivity contribution in [2.45, 2.75) is 6.42 Å². The molecule has 2 aromatic heterocycles. The molecule has 1 fully saturated rings. The van der Waals surface area contributed by atoms with E-state index >= 15 is 0 Å². The molecule has 134 valence electrons. The van der Waals surface area contributed by atoms with Gasteiger partial charge in [0.05, 0.1) is 30.6 Å². The Kier molecular flexibility index (Phi) is 3.83. The monoisotopic (exact) mass is 358 g/mol. The number of ether oxygens (including phenoxy) is 1. The van der Waals surface area contributed by atoms with Gasteiger partial charge in [0, 0.05) is 18.4 Å². The summed E-state index contributed by atoms with van der Waals surface area (Å²) in [6.07, 6.45) is 6.05. The number of hydrogen-bond acceptors (Lipinski definition) is 4. The van der Waals surface area contributed by atoms with E-state index in [0.29, 0.717) is 24.7 Å². The summed E-state index contributed by atoms with van der Waals surface area (Å²) in [5.74, 6) is 0.516. The van der Waals surface area contributed by atoms with Gasteiger partial charge < -0.3 is 10.1 Å². The molecule has 1 aliphatic rings. The molecule has 6 heteroatoms. The van der Waals surface area contributed by atoms with Gasteiger partial charge in [-0.3, -0.25) is 14.2 Å². The van der Waals surface area contributed by atoms with Crippen LogP contribution in [-0.2, 0) is 9.53 Å². The van der Waals surface area contributed by atoms with Crippen molar-refractivity contribution in [3.05, 3.63) is 61.1 Å². The molecule has 1 amide bonds. The minimum atomic E-state index is -0.0997. The van der Waals surface area contributed by atoms with Crippen molar-refractivity contribution >= 4 is 28.1 Å². The zero-order valence-corrected chi connectivity index (χ0v) is 14.6. The zero-order chi connectivity index (χ0) is 18.2. The Morgan fingerprint density at radius 1 is 1.11 bits per heavy atom. The van der Waals surface area contributed by atoms with Crippen LogP contribution >= 0.6 is 0 Å². The Bertz CT molecular complexity index is 1150. The van der Waals surface area contributed by atoms with Gasteiger partial charge in [-0.25, -0.2) is 4.98 Å². The predicted molar refractivity (Wildman–Crippen MR) is 103 cm³/mol. The summed E-state index contributed by atoms with van der Waals surface area (Å²) >= 11 is 0. The van der Waals surface area contributed by atoms with E-state index in [1.807, 2.05) is 22.7 Å². The molecule has 0 bridgehead atoms. The van der Waals surface area contributed by atoms with Gasteiger partial charge in [0.2, 0.25) is 5.91 Å². The third-order valence-electron chi connectivity index (χ3n) is 4.99. The number of fused-ring (bicyclic) bond motifs is 2. The molecular formula is C21H18N4O2. The number of carbonyl (C=O) groups is 1. The molecule has 0 saturated carbocycles. The molecule has 1 saturated heterocycles. The zero-order valence-electron chi connectivity index (χ0n) is 14.6. The van der Waals surface area contributed by atoms with Crippen LogP contribution in [0.25, 0.3) is 27.7 Å². The average Bonchev–Trinajstić information content (AvgIpc) is 3.38. The van der Waals surface area contributed by atoms with Crippen LogP contribution in [0, 0.1) is 5.92 Å². The molecule has 27 heavy (non-hydrogen) atoms. The lowest BCUT2D eigenvalue weighted by atomic mass is 10.1. The van der Waals surface area contributed by atoms with Gasteiger partial charge in [-0.2, -0.15) is 0 Å². The van der Waals surface area contributed by atoms with Gasteiger partial charge in [-0.15, -0.1) is 0 Å². The van der Waals surface area contributed by atoms with E-state index in [0.717, 1.165) is 23.1 Å². The minimum absolute atomic E-state index is 0.0293. The van der Waals surface area contributed by atoms with Crippen LogP contribution in [0.1, 0.15) is 6.42 Å². The van der Waals surface area contributed by atoms with Crippen LogP contribution in [0.4, 0.5) is 5.82 Å². The van der Waals surface area contributed by atoms with Crippen molar-refractivity contribution in [1.29, 1.82) is 0 Å². The Morgan fingerprint density at radius 3 is 2.85 bits per heavy atom. The fourth-order valence-electron chi connectivity index (χ4n) is 3.45. The second kappa shape index (κ2) is 6.48. The Hall–Kier alpha value is -3.25. The maximum absolute atomic E-state index is 12.4. The minimum Gasteiger partial charge on any atom is -0.381 e. The number of aromatic nitrogens is 3. The maximum Gasteiger partial charge on any atom is 0.231 e. The fourth-order valence-corrected chi connectivity index (χ4v) is 3.45. The highest BCUT2D eigenvalue weighted by molar-refractivity contribution is 5.92. The quantitative estimate of drug-likeness (QED) is 0.608. The first-order valence-electron chi connectivity index (χ1n) is 8.99. The second-order valence-electron chi connectivity index (χ2n) is 6.76. The first-order valence-corrected chi connectivity index (χ1v) is 8.99. The molecule has 0 spiro atoms. The lowest BCUT2D eigenvalue weighted by Crippen LogP contribution is -2.23. The fraction of sp³-hybridized carbons (Fsp3) is 0.190. The second-order valence-corrected chi connectivity index (χ2v) is 6.76. The summed E-state index contributed by atoms with van der Waals surface area (Å²) in [5, 5.41) is 5.32. The van der Waals surface area contributed by atoms with Crippen LogP contribution < -0.4 is 5.32 Å². The summed E-state index contributed by atoms with van der Waals surface area (Å²) in [7, 11) is 0. The van der Waals surface area contributed by atoms with Gasteiger partial charge >= 0.3 is 0 Å². The number of nitrogens with one attached hydrogen (secondary N) is 1. The van der Waals surface area contributed by atoms with E-state index < -0.39 is 0 Å². The third-order valence-corrected chi connectivity index (χ3v) is 4.99. The van der Waals surface area contributed by atoms with Crippen molar-refractivity contribution < 1.29 is 9.53 Å². The van der Waals surface area contributed by atoms with Crippen molar-refractivity contribution in [2.75, 3.05) is 18.5 Å². The summed E-state index contributed by atoms with van der Waals surface area (Å²) in [4.78, 5) is 21.3. The first-order chi connectivity index (χ1) is 13.3. The Morgan fingerprint density at radius 2 is 2.00 bits per heavy atom. The standard InChI is InChI=1S/C21H18N4O2/c26-21(17-7-8-27-13-17)24-20-11-23-19-10-22-18(12-25(19)20)16-6-5-14-3-1-2-4-15(14)9-16/h1-6,9-12,17H,7-8,13H2,(H,24,26). The van der Waals surface area contributed by atoms with Crippen LogP contribution in [0.2, 0.25) is 0 Å². The van der Waals surface area contributed by atoms with Gasteiger partial charge in [0.15, 0.2) is 5.65 Å². The van der Waals surface area contributed by atoms with Crippen molar-refractivity contribution in [3.8, 4) is 11.3 Å². The SMILES string of the molecule is O=C(Nc1cnc2cnc(-c3ccc4ccccc4c3)cn12)C1CCOC1. The highest BCUT2D eigenvalue weighted by Crippen LogP contribution is 2.24. The van der Waals surface area contributed by atoms with E-state index in [1.54, 1.807) is 12.4 Å². The number of anilines is 1. The van der Waals surface area contributed by atoms with Gasteiger partial charge in [0.25, 0.3) is 0 Å². The summed E-state index contributed by atoms with van der Waals surface area (Å²) < 4.78 is 7.17. The normalized spacial score (nSPS) is 16.8. The molecule has 3 heterocycles. The molecule has 1 unspecified atom stereocenters. The summed E-state index contributed by atoms with van der Waals surface area (Å²) in [6.45, 7) is 1.12. The number of benzene rings is 2. The Labute approximate surface area is 155 Å². The van der Waals surface area contributed by atoms with Gasteiger partial charge in [0.1, 0.15) is 5.82 Å². The molecule has 6 nitrogen and oxygen atoms in total. The highest BCUT2D eigenvalue weighted by atomic mass is 16.5. The molecule has 0 aliphatic carbocycles. The number of imidazole rings is 1. The average molecular weight is 358 g/mol. The van der Waals surface area contributed by atoms with Crippen LogP contribution in [-0.4, -0.2) is 33.5 Å². The Balaban J connectivity index is 1.51. The smallest absolute Gasteiger partial charge is 0.231 e. The third kappa shape index (κ3) is 2.94. The van der Waals surface area contributed by atoms with E-state index in [2.05, 4.69) is 45.6 Å².